The summed E-state index contributed by atoms with van der Waals surface area (Å²) in [5.41, 5.74) is -0.0702. The largest absolute Gasteiger partial charge is 0.508 e. The van der Waals surface area contributed by atoms with Gasteiger partial charge in [0.15, 0.2) is 5.78 Å². The molecule has 0 aromatic heterocycles. The Balaban J connectivity index is 2.48. The van der Waals surface area contributed by atoms with Gasteiger partial charge in [-0.05, 0) is 18.2 Å². The van der Waals surface area contributed by atoms with Crippen molar-refractivity contribution >= 4 is 23.3 Å². The fourth-order valence-corrected chi connectivity index (χ4v) is 1.73. The topological polar surface area (TPSA) is 94.9 Å². The number of carboxylic acid groups (broad SMARTS) is 1. The molecule has 1 aromatic carbocycles. The quantitative estimate of drug-likeness (QED) is 0.723. The van der Waals surface area contributed by atoms with Crippen molar-refractivity contribution in [3.8, 4) is 5.75 Å². The maximum Gasteiger partial charge on any atom is 0.337 e. The zero-order valence-electron chi connectivity index (χ0n) is 8.71. The number of rotatable bonds is 2. The Morgan fingerprint density at radius 3 is 2.53 bits per heavy atom. The molecule has 6 nitrogen and oxygen atoms in total. The molecule has 0 saturated carbocycles. The van der Waals surface area contributed by atoms with E-state index in [2.05, 4.69) is 0 Å². The van der Waals surface area contributed by atoms with Gasteiger partial charge in [0.05, 0.1) is 24.2 Å². The van der Waals surface area contributed by atoms with Crippen molar-refractivity contribution in [1.82, 2.24) is 0 Å². The molecular weight excluding hydrogens is 226 g/mol. The molecule has 0 spiro atoms. The van der Waals surface area contributed by atoms with Gasteiger partial charge in [-0.2, -0.15) is 0 Å². The number of aromatic carboxylic acids is 1. The van der Waals surface area contributed by atoms with Crippen LogP contribution in [-0.4, -0.2) is 34.4 Å². The maximum absolute atomic E-state index is 11.5. The lowest BCUT2D eigenvalue weighted by molar-refractivity contribution is -0.121. The second kappa shape index (κ2) is 3.89. The lowest BCUT2D eigenvalue weighted by atomic mass is 10.1. The van der Waals surface area contributed by atoms with Crippen molar-refractivity contribution < 1.29 is 24.6 Å². The Labute approximate surface area is 96.1 Å². The van der Waals surface area contributed by atoms with E-state index in [9.17, 15) is 19.5 Å². The zero-order valence-corrected chi connectivity index (χ0v) is 8.71. The molecule has 1 fully saturated rings. The molecule has 17 heavy (non-hydrogen) atoms. The molecule has 2 N–H and O–H groups in total. The third kappa shape index (κ3) is 1.96. The predicted molar refractivity (Wildman–Crippen MR) is 57.0 cm³/mol. The van der Waals surface area contributed by atoms with Crippen LogP contribution < -0.4 is 4.90 Å². The van der Waals surface area contributed by atoms with Crippen LogP contribution in [0.4, 0.5) is 5.69 Å². The van der Waals surface area contributed by atoms with Gasteiger partial charge >= 0.3 is 5.97 Å². The summed E-state index contributed by atoms with van der Waals surface area (Å²) in [6, 6.07) is 3.64. The standard InChI is InChI=1S/C11H9NO5/c13-6-1-2-9(8(3-6)11(16)17)12-5-7(14)4-10(12)15/h1-3,13H,4-5H2,(H,16,17). The molecule has 2 rings (SSSR count). The number of hydrogen-bond acceptors (Lipinski definition) is 4. The highest BCUT2D eigenvalue weighted by Crippen LogP contribution is 2.27. The van der Waals surface area contributed by atoms with Crippen LogP contribution in [0.15, 0.2) is 18.2 Å². The molecule has 6 heteroatoms. The van der Waals surface area contributed by atoms with Crippen molar-refractivity contribution in [3.63, 3.8) is 0 Å². The lowest BCUT2D eigenvalue weighted by Gasteiger charge is -2.17. The molecule has 0 unspecified atom stereocenters. The second-order valence-electron chi connectivity index (χ2n) is 3.70. The summed E-state index contributed by atoms with van der Waals surface area (Å²) in [6.07, 6.45) is -0.208. The van der Waals surface area contributed by atoms with Crippen molar-refractivity contribution in [3.05, 3.63) is 23.8 Å². The van der Waals surface area contributed by atoms with Gasteiger partial charge < -0.3 is 15.1 Å². The van der Waals surface area contributed by atoms with Crippen LogP contribution in [-0.2, 0) is 9.59 Å². The van der Waals surface area contributed by atoms with E-state index in [1.807, 2.05) is 0 Å². The van der Waals surface area contributed by atoms with Gasteiger partial charge in [0, 0.05) is 0 Å². The van der Waals surface area contributed by atoms with Crippen LogP contribution in [0.3, 0.4) is 0 Å². The SMILES string of the molecule is O=C1CC(=O)N(c2ccc(O)cc2C(=O)O)C1. The number of carbonyl (C=O) groups excluding carboxylic acids is 2. The lowest BCUT2D eigenvalue weighted by Crippen LogP contribution is -2.26. The minimum Gasteiger partial charge on any atom is -0.508 e. The van der Waals surface area contributed by atoms with Gasteiger partial charge in [0.2, 0.25) is 5.91 Å². The van der Waals surface area contributed by atoms with Gasteiger partial charge in [-0.1, -0.05) is 0 Å². The van der Waals surface area contributed by atoms with Gasteiger partial charge in [-0.15, -0.1) is 0 Å². The fourth-order valence-electron chi connectivity index (χ4n) is 1.73. The predicted octanol–water partition coefficient (Wildman–Crippen LogP) is 0.396. The first kappa shape index (κ1) is 11.1. The van der Waals surface area contributed by atoms with E-state index in [1.54, 1.807) is 0 Å². The van der Waals surface area contributed by atoms with Gasteiger partial charge in [0.25, 0.3) is 0 Å². The molecule has 0 atom stereocenters. The molecule has 1 aliphatic heterocycles. The molecule has 1 aliphatic rings. The Morgan fingerprint density at radius 2 is 2.00 bits per heavy atom. The number of hydrogen-bond donors (Lipinski definition) is 2. The number of amides is 1. The number of carbonyl (C=O) groups is 3. The monoisotopic (exact) mass is 235 g/mol. The van der Waals surface area contributed by atoms with E-state index in [-0.39, 0.29) is 35.7 Å². The zero-order chi connectivity index (χ0) is 12.6. The highest BCUT2D eigenvalue weighted by Gasteiger charge is 2.31. The third-order valence-corrected chi connectivity index (χ3v) is 2.49. The molecule has 0 radical (unpaired) electrons. The maximum atomic E-state index is 11.5. The van der Waals surface area contributed by atoms with Gasteiger partial charge in [-0.25, -0.2) is 4.79 Å². The number of anilines is 1. The van der Waals surface area contributed by atoms with Crippen LogP contribution in [0, 0.1) is 0 Å². The van der Waals surface area contributed by atoms with Crippen LogP contribution in [0.5, 0.6) is 5.75 Å². The van der Waals surface area contributed by atoms with Gasteiger partial charge in [0.1, 0.15) is 5.75 Å². The normalized spacial score (nSPS) is 15.4. The first-order chi connectivity index (χ1) is 7.99. The minimum absolute atomic E-state index is 0.121. The molecular formula is C11H9NO5. The molecule has 1 saturated heterocycles. The number of ketones is 1. The summed E-state index contributed by atoms with van der Waals surface area (Å²) in [6.45, 7) is -0.121. The van der Waals surface area contributed by atoms with Crippen LogP contribution >= 0.6 is 0 Å². The molecule has 1 amide bonds. The number of benzene rings is 1. The summed E-state index contributed by atoms with van der Waals surface area (Å²) in [5.74, 6) is -2.14. The van der Waals surface area contributed by atoms with E-state index in [1.165, 1.54) is 12.1 Å². The molecule has 1 aromatic rings. The van der Waals surface area contributed by atoms with E-state index < -0.39 is 11.9 Å². The van der Waals surface area contributed by atoms with Crippen molar-refractivity contribution in [2.24, 2.45) is 0 Å². The number of nitrogens with zero attached hydrogens (tertiary/aromatic N) is 1. The first-order valence-electron chi connectivity index (χ1n) is 4.87. The van der Waals surface area contributed by atoms with Gasteiger partial charge in [-0.3, -0.25) is 9.59 Å². The van der Waals surface area contributed by atoms with E-state index >= 15 is 0 Å². The highest BCUT2D eigenvalue weighted by molar-refractivity contribution is 6.16. The summed E-state index contributed by atoms with van der Waals surface area (Å²) in [5, 5.41) is 18.2. The highest BCUT2D eigenvalue weighted by atomic mass is 16.4. The second-order valence-corrected chi connectivity index (χ2v) is 3.70. The molecule has 0 aliphatic carbocycles. The Hall–Kier alpha value is -2.37. The summed E-state index contributed by atoms with van der Waals surface area (Å²) in [4.78, 5) is 34.7. The number of carboxylic acids is 1. The van der Waals surface area contributed by atoms with Crippen molar-refractivity contribution in [2.45, 2.75) is 6.42 Å². The third-order valence-electron chi connectivity index (χ3n) is 2.49. The first-order valence-corrected chi connectivity index (χ1v) is 4.87. The molecule has 1 heterocycles. The average Bonchev–Trinajstić information content (AvgIpc) is 2.57. The molecule has 0 bridgehead atoms. The average molecular weight is 235 g/mol. The Kier molecular flexibility index (Phi) is 2.55. The van der Waals surface area contributed by atoms with Crippen molar-refractivity contribution in [2.75, 3.05) is 11.4 Å². The Bertz CT molecular complexity index is 523. The van der Waals surface area contributed by atoms with E-state index in [0.29, 0.717) is 0 Å². The summed E-state index contributed by atoms with van der Waals surface area (Å²) >= 11 is 0. The minimum atomic E-state index is -1.26. The summed E-state index contributed by atoms with van der Waals surface area (Å²) in [7, 11) is 0. The smallest absolute Gasteiger partial charge is 0.337 e. The molecule has 88 valence electrons. The van der Waals surface area contributed by atoms with Crippen molar-refractivity contribution in [1.29, 1.82) is 0 Å². The van der Waals surface area contributed by atoms with Crippen LogP contribution in [0.2, 0.25) is 0 Å². The van der Waals surface area contributed by atoms with E-state index in [4.69, 9.17) is 5.11 Å². The Morgan fingerprint density at radius 1 is 1.29 bits per heavy atom. The number of aromatic hydroxyl groups is 1. The number of phenolic OH excluding ortho intramolecular Hbond substituents is 1. The summed E-state index contributed by atoms with van der Waals surface area (Å²) < 4.78 is 0. The fraction of sp³-hybridized carbons (Fsp3) is 0.182. The van der Waals surface area contributed by atoms with E-state index in [0.717, 1.165) is 11.0 Å². The number of Topliss-reactive ketones (excluding diaryl/α,β-unsaturated/α-hetero) is 1. The van der Waals surface area contributed by atoms with Crippen LogP contribution in [0.1, 0.15) is 16.8 Å². The van der Waals surface area contributed by atoms with Crippen LogP contribution in [0.25, 0.3) is 0 Å². The number of phenols is 1.